The lowest BCUT2D eigenvalue weighted by Gasteiger charge is -2.22. The van der Waals surface area contributed by atoms with Crippen molar-refractivity contribution in [3.05, 3.63) is 59.7 Å². The van der Waals surface area contributed by atoms with E-state index in [1.807, 2.05) is 12.1 Å². The van der Waals surface area contributed by atoms with Gasteiger partial charge >= 0.3 is 0 Å². The molecule has 0 N–H and O–H groups in total. The first-order valence-electron chi connectivity index (χ1n) is 16.6. The van der Waals surface area contributed by atoms with Gasteiger partial charge in [-0.3, -0.25) is 9.59 Å². The van der Waals surface area contributed by atoms with E-state index in [0.717, 1.165) is 49.6 Å². The Kier molecular flexibility index (Phi) is 9.92. The summed E-state index contributed by atoms with van der Waals surface area (Å²) in [6.07, 6.45) is 13.1. The van der Waals surface area contributed by atoms with Crippen molar-refractivity contribution in [3.63, 3.8) is 0 Å². The third kappa shape index (κ3) is 7.82. The molecule has 0 atom stereocenters. The van der Waals surface area contributed by atoms with Crippen LogP contribution in [-0.4, -0.2) is 73.8 Å². The van der Waals surface area contributed by atoms with Crippen LogP contribution in [0.25, 0.3) is 0 Å². The molecule has 6 fully saturated rings. The van der Waals surface area contributed by atoms with Gasteiger partial charge in [0.15, 0.2) is 0 Å². The summed E-state index contributed by atoms with van der Waals surface area (Å²) >= 11 is 0. The second-order valence-corrected chi connectivity index (χ2v) is 13.4. The second kappa shape index (κ2) is 14.2. The van der Waals surface area contributed by atoms with Crippen LogP contribution >= 0.6 is 0 Å². The Morgan fingerprint density at radius 2 is 0.929 bits per heavy atom. The molecule has 4 heterocycles. The summed E-state index contributed by atoms with van der Waals surface area (Å²) in [5, 5.41) is 0. The molecule has 0 unspecified atom stereocenters. The monoisotopic (exact) mass is 572 g/mol. The van der Waals surface area contributed by atoms with Crippen LogP contribution < -0.4 is 9.47 Å². The number of ketones is 2. The molecule has 2 saturated carbocycles. The largest absolute Gasteiger partial charge is 0.494 e. The van der Waals surface area contributed by atoms with Crippen LogP contribution in [0.5, 0.6) is 11.5 Å². The van der Waals surface area contributed by atoms with Gasteiger partial charge in [0, 0.05) is 50.4 Å². The van der Waals surface area contributed by atoms with E-state index in [9.17, 15) is 9.59 Å². The molecule has 42 heavy (non-hydrogen) atoms. The van der Waals surface area contributed by atoms with E-state index in [1.54, 1.807) is 36.4 Å². The smallest absolute Gasteiger partial charge is 0.233 e. The van der Waals surface area contributed by atoms with Crippen molar-refractivity contribution in [2.75, 3.05) is 52.5 Å². The topological polar surface area (TPSA) is 59.1 Å². The molecule has 226 valence electrons. The Morgan fingerprint density at radius 1 is 0.571 bits per heavy atom. The summed E-state index contributed by atoms with van der Waals surface area (Å²) in [4.78, 5) is 31.5. The minimum atomic E-state index is -0.520. The third-order valence-electron chi connectivity index (χ3n) is 10.2. The Hall–Kier alpha value is -2.70. The van der Waals surface area contributed by atoms with E-state index in [4.69, 9.17) is 9.47 Å². The van der Waals surface area contributed by atoms with Crippen LogP contribution in [0.1, 0.15) is 84.9 Å². The van der Waals surface area contributed by atoms with E-state index < -0.39 is 11.6 Å². The average Bonchev–Trinajstić information content (AvgIpc) is 3.52. The maximum Gasteiger partial charge on any atom is 0.233 e. The number of Topliss-reactive ketones (excluding diaryl/α,β-unsaturated/α-hetero) is 2. The molecule has 2 aromatic carbocycles. The number of hydrogen-bond acceptors (Lipinski definition) is 6. The number of rotatable bonds is 13. The van der Waals surface area contributed by atoms with E-state index >= 15 is 0 Å². The molecule has 6 nitrogen and oxygen atoms in total. The van der Waals surface area contributed by atoms with E-state index in [0.29, 0.717) is 35.8 Å². The SMILES string of the molecule is O=C(C(=O)c1cccc(OCCCN2CC3CCC(CC3)C2)c1)c1cccc(OCCCN2CC3CCC(CC3)C2)c1. The zero-order chi connectivity index (χ0) is 28.7. The highest BCUT2D eigenvalue weighted by atomic mass is 16.5. The number of carbonyl (C=O) groups excluding carboxylic acids is 2. The first kappa shape index (κ1) is 29.4. The number of carbonyl (C=O) groups is 2. The van der Waals surface area contributed by atoms with Gasteiger partial charge in [0.2, 0.25) is 11.6 Å². The van der Waals surface area contributed by atoms with Gasteiger partial charge in [0.1, 0.15) is 11.5 Å². The average molecular weight is 573 g/mol. The fourth-order valence-electron chi connectivity index (χ4n) is 7.84. The molecular formula is C36H48N2O4. The summed E-state index contributed by atoms with van der Waals surface area (Å²) in [5.74, 6) is 3.74. The van der Waals surface area contributed by atoms with Gasteiger partial charge in [-0.25, -0.2) is 0 Å². The molecule has 4 aliphatic heterocycles. The normalized spacial score (nSPS) is 26.0. The molecule has 8 rings (SSSR count). The van der Waals surface area contributed by atoms with Gasteiger partial charge in [0.25, 0.3) is 0 Å². The molecule has 6 heteroatoms. The Bertz CT molecular complexity index is 1080. The van der Waals surface area contributed by atoms with Crippen molar-refractivity contribution in [2.24, 2.45) is 23.7 Å². The molecule has 0 amide bonds. The molecule has 0 aromatic heterocycles. The second-order valence-electron chi connectivity index (χ2n) is 13.4. The fourth-order valence-corrected chi connectivity index (χ4v) is 7.84. The Balaban J connectivity index is 0.949. The summed E-state index contributed by atoms with van der Waals surface area (Å²) < 4.78 is 12.0. The number of benzene rings is 2. The minimum absolute atomic E-state index is 0.360. The molecule has 0 radical (unpaired) electrons. The summed E-state index contributed by atoms with van der Waals surface area (Å²) in [7, 11) is 0. The van der Waals surface area contributed by atoms with Gasteiger partial charge < -0.3 is 19.3 Å². The van der Waals surface area contributed by atoms with Crippen LogP contribution in [-0.2, 0) is 0 Å². The highest BCUT2D eigenvalue weighted by molar-refractivity contribution is 6.49. The predicted octanol–water partition coefficient (Wildman–Crippen LogP) is 6.53. The summed E-state index contributed by atoms with van der Waals surface area (Å²) in [5.41, 5.74) is 0.721. The van der Waals surface area contributed by atoms with E-state index in [-0.39, 0.29) is 0 Å². The summed E-state index contributed by atoms with van der Waals surface area (Å²) in [6.45, 7) is 8.25. The van der Waals surface area contributed by atoms with E-state index in [1.165, 1.54) is 77.5 Å². The Morgan fingerprint density at radius 3 is 1.29 bits per heavy atom. The molecule has 2 aromatic rings. The van der Waals surface area contributed by atoms with Crippen molar-refractivity contribution >= 4 is 11.6 Å². The van der Waals surface area contributed by atoms with Crippen molar-refractivity contribution in [1.29, 1.82) is 0 Å². The maximum absolute atomic E-state index is 13.1. The van der Waals surface area contributed by atoms with Crippen molar-refractivity contribution in [2.45, 2.75) is 64.2 Å². The quantitative estimate of drug-likeness (QED) is 0.154. The maximum atomic E-state index is 13.1. The molecule has 6 aliphatic rings. The molecular weight excluding hydrogens is 524 g/mol. The lowest BCUT2D eigenvalue weighted by molar-refractivity contribution is 0.0816. The standard InChI is InChI=1S/C36H48N2O4/c39-35(31-5-1-7-33(21-31)41-19-3-17-37-23-27-9-10-28(24-37)12-11-27)36(40)32-6-2-8-34(22-32)42-20-4-18-38-25-29-13-14-30(26-38)16-15-29/h1-2,5-8,21-22,27-30H,3-4,9-20,23-26H2. The van der Waals surface area contributed by atoms with Gasteiger partial charge in [-0.15, -0.1) is 0 Å². The van der Waals surface area contributed by atoms with Crippen LogP contribution in [0, 0.1) is 23.7 Å². The van der Waals surface area contributed by atoms with Crippen molar-refractivity contribution < 1.29 is 19.1 Å². The fraction of sp³-hybridized carbons (Fsp3) is 0.611. The van der Waals surface area contributed by atoms with Gasteiger partial charge in [-0.05, 0) is 112 Å². The molecule has 4 bridgehead atoms. The zero-order valence-corrected chi connectivity index (χ0v) is 25.2. The van der Waals surface area contributed by atoms with Crippen LogP contribution in [0.2, 0.25) is 0 Å². The number of hydrogen-bond donors (Lipinski definition) is 0. The van der Waals surface area contributed by atoms with Crippen LogP contribution in [0.15, 0.2) is 48.5 Å². The number of fused-ring (bicyclic) bond motifs is 8. The summed E-state index contributed by atoms with van der Waals surface area (Å²) in [6, 6.07) is 14.1. The highest BCUT2D eigenvalue weighted by Gasteiger charge is 2.30. The third-order valence-corrected chi connectivity index (χ3v) is 10.2. The molecule has 2 aliphatic carbocycles. The molecule has 0 spiro atoms. The van der Waals surface area contributed by atoms with Gasteiger partial charge in [0.05, 0.1) is 13.2 Å². The first-order valence-corrected chi connectivity index (χ1v) is 16.6. The molecule has 4 saturated heterocycles. The number of ether oxygens (including phenoxy) is 2. The van der Waals surface area contributed by atoms with Gasteiger partial charge in [-0.2, -0.15) is 0 Å². The van der Waals surface area contributed by atoms with E-state index in [2.05, 4.69) is 9.80 Å². The first-order chi connectivity index (χ1) is 20.6. The van der Waals surface area contributed by atoms with Crippen LogP contribution in [0.4, 0.5) is 0 Å². The predicted molar refractivity (Wildman–Crippen MR) is 166 cm³/mol. The van der Waals surface area contributed by atoms with Gasteiger partial charge in [-0.1, -0.05) is 24.3 Å². The Labute approximate surface area is 251 Å². The lowest BCUT2D eigenvalue weighted by atomic mass is 9.84. The lowest BCUT2D eigenvalue weighted by Crippen LogP contribution is -2.30. The van der Waals surface area contributed by atoms with Crippen LogP contribution in [0.3, 0.4) is 0 Å². The minimum Gasteiger partial charge on any atom is -0.494 e. The van der Waals surface area contributed by atoms with Crippen molar-refractivity contribution in [3.8, 4) is 11.5 Å². The zero-order valence-electron chi connectivity index (χ0n) is 25.2. The number of nitrogens with zero attached hydrogens (tertiary/aromatic N) is 2. The highest BCUT2D eigenvalue weighted by Crippen LogP contribution is 2.34. The van der Waals surface area contributed by atoms with Crippen molar-refractivity contribution in [1.82, 2.24) is 9.80 Å².